The van der Waals surface area contributed by atoms with Gasteiger partial charge in [-0.1, -0.05) is 60.7 Å². The maximum atomic E-state index is 12.3. The molecule has 5 heteroatoms. The summed E-state index contributed by atoms with van der Waals surface area (Å²) in [5.74, 6) is 0.894. The molecule has 2 N–H and O–H groups in total. The van der Waals surface area contributed by atoms with Crippen molar-refractivity contribution < 1.29 is 4.79 Å². The van der Waals surface area contributed by atoms with Gasteiger partial charge in [-0.3, -0.25) is 9.79 Å². The van der Waals surface area contributed by atoms with Crippen molar-refractivity contribution in [1.82, 2.24) is 15.5 Å². The molecule has 0 atom stereocenters. The molecule has 0 bridgehead atoms. The van der Waals surface area contributed by atoms with Crippen molar-refractivity contribution in [3.63, 3.8) is 0 Å². The van der Waals surface area contributed by atoms with Gasteiger partial charge in [-0.15, -0.1) is 0 Å². The summed E-state index contributed by atoms with van der Waals surface area (Å²) in [6.07, 6.45) is 2.46. The van der Waals surface area contributed by atoms with Gasteiger partial charge in [0.05, 0.1) is 0 Å². The van der Waals surface area contributed by atoms with Crippen LogP contribution < -0.4 is 10.6 Å². The molecule has 0 aliphatic carbocycles. The maximum Gasteiger partial charge on any atom is 0.224 e. The largest absolute Gasteiger partial charge is 0.357 e. The summed E-state index contributed by atoms with van der Waals surface area (Å²) in [4.78, 5) is 18.7. The summed E-state index contributed by atoms with van der Waals surface area (Å²) in [7, 11) is 1.85. The van der Waals surface area contributed by atoms with Gasteiger partial charge in [-0.05, 0) is 30.9 Å². The van der Waals surface area contributed by atoms with E-state index in [-0.39, 0.29) is 5.91 Å². The second-order valence-electron chi connectivity index (χ2n) is 6.76. The van der Waals surface area contributed by atoms with E-state index in [2.05, 4.69) is 39.9 Å². The van der Waals surface area contributed by atoms with Gasteiger partial charge in [0.25, 0.3) is 0 Å². The molecule has 2 rings (SSSR count). The van der Waals surface area contributed by atoms with E-state index in [0.29, 0.717) is 19.5 Å². The lowest BCUT2D eigenvalue weighted by Crippen LogP contribution is -2.39. The van der Waals surface area contributed by atoms with Crippen LogP contribution in [0.4, 0.5) is 0 Å². The Labute approximate surface area is 168 Å². The molecule has 0 aromatic heterocycles. The lowest BCUT2D eigenvalue weighted by Gasteiger charge is -2.18. The van der Waals surface area contributed by atoms with E-state index in [0.717, 1.165) is 37.5 Å². The summed E-state index contributed by atoms with van der Waals surface area (Å²) in [6, 6.07) is 20.5. The van der Waals surface area contributed by atoms with Crippen LogP contribution in [0.1, 0.15) is 30.9 Å². The molecular weight excluding hydrogens is 348 g/mol. The Hall–Kier alpha value is -2.82. The number of guanidine groups is 1. The van der Waals surface area contributed by atoms with Crippen LogP contribution >= 0.6 is 0 Å². The van der Waals surface area contributed by atoms with Crippen molar-refractivity contribution in [2.24, 2.45) is 4.99 Å². The van der Waals surface area contributed by atoms with Crippen molar-refractivity contribution in [2.75, 3.05) is 26.7 Å². The topological polar surface area (TPSA) is 56.7 Å². The Balaban J connectivity index is 1.70. The highest BCUT2D eigenvalue weighted by Gasteiger charge is 2.09. The van der Waals surface area contributed by atoms with E-state index >= 15 is 0 Å². The highest BCUT2D eigenvalue weighted by molar-refractivity contribution is 5.81. The van der Waals surface area contributed by atoms with Gasteiger partial charge in [-0.2, -0.15) is 0 Å². The number of nitrogens with zero attached hydrogens (tertiary/aromatic N) is 2. The van der Waals surface area contributed by atoms with E-state index in [1.807, 2.05) is 50.4 Å². The van der Waals surface area contributed by atoms with Crippen LogP contribution in [0.5, 0.6) is 0 Å². The molecule has 28 heavy (non-hydrogen) atoms. The molecule has 1 amide bonds. The molecule has 150 valence electrons. The lowest BCUT2D eigenvalue weighted by molar-refractivity contribution is -0.130. The first-order valence-corrected chi connectivity index (χ1v) is 10.0. The van der Waals surface area contributed by atoms with Crippen molar-refractivity contribution in [1.29, 1.82) is 0 Å². The molecular formula is C23H32N4O. The average molecular weight is 381 g/mol. The summed E-state index contributed by atoms with van der Waals surface area (Å²) in [6.45, 7) is 4.80. The minimum atomic E-state index is 0.122. The van der Waals surface area contributed by atoms with Crippen LogP contribution in [-0.2, 0) is 17.8 Å². The van der Waals surface area contributed by atoms with Gasteiger partial charge < -0.3 is 15.5 Å². The standard InChI is InChI=1S/C23H32N4O/c1-3-24-23(25-17-10-15-20-11-6-4-7-12-20)26-18-16-22(28)27(2)19-21-13-8-5-9-14-21/h4-9,11-14H,3,10,15-19H2,1-2H3,(H2,24,25,26). The number of nitrogens with one attached hydrogen (secondary N) is 2. The van der Waals surface area contributed by atoms with Gasteiger partial charge >= 0.3 is 0 Å². The van der Waals surface area contributed by atoms with Crippen LogP contribution in [0.15, 0.2) is 65.7 Å². The van der Waals surface area contributed by atoms with Crippen molar-refractivity contribution in [3.05, 3.63) is 71.8 Å². The third-order valence-electron chi connectivity index (χ3n) is 4.40. The number of hydrogen-bond acceptors (Lipinski definition) is 2. The SMILES string of the molecule is CCNC(=NCCCc1ccccc1)NCCC(=O)N(C)Cc1ccccc1. The molecule has 0 aliphatic rings. The molecule has 0 spiro atoms. The zero-order valence-electron chi connectivity index (χ0n) is 17.0. The van der Waals surface area contributed by atoms with Gasteiger partial charge in [0.2, 0.25) is 5.91 Å². The maximum absolute atomic E-state index is 12.3. The van der Waals surface area contributed by atoms with E-state index in [9.17, 15) is 4.79 Å². The van der Waals surface area contributed by atoms with Gasteiger partial charge in [0.15, 0.2) is 5.96 Å². The van der Waals surface area contributed by atoms with Crippen LogP contribution in [0.25, 0.3) is 0 Å². The molecule has 0 fully saturated rings. The number of amides is 1. The number of aliphatic imine (C=N–C) groups is 1. The Kier molecular flexibility index (Phi) is 9.62. The summed E-state index contributed by atoms with van der Waals surface area (Å²) >= 11 is 0. The molecule has 0 saturated heterocycles. The molecule has 0 unspecified atom stereocenters. The Morgan fingerprint density at radius 2 is 1.61 bits per heavy atom. The first-order chi connectivity index (χ1) is 13.7. The fraction of sp³-hybridized carbons (Fsp3) is 0.391. The second-order valence-corrected chi connectivity index (χ2v) is 6.76. The van der Waals surface area contributed by atoms with Crippen LogP contribution in [0.3, 0.4) is 0 Å². The fourth-order valence-corrected chi connectivity index (χ4v) is 2.88. The van der Waals surface area contributed by atoms with Gasteiger partial charge in [0, 0.05) is 39.6 Å². The second kappa shape index (κ2) is 12.5. The third-order valence-corrected chi connectivity index (χ3v) is 4.40. The fourth-order valence-electron chi connectivity index (χ4n) is 2.88. The predicted molar refractivity (Wildman–Crippen MR) is 116 cm³/mol. The van der Waals surface area contributed by atoms with Gasteiger partial charge in [0.1, 0.15) is 0 Å². The van der Waals surface area contributed by atoms with Crippen molar-refractivity contribution in [3.8, 4) is 0 Å². The van der Waals surface area contributed by atoms with Gasteiger partial charge in [-0.25, -0.2) is 0 Å². The minimum absolute atomic E-state index is 0.122. The van der Waals surface area contributed by atoms with Crippen LogP contribution in [-0.4, -0.2) is 43.4 Å². The molecule has 2 aromatic rings. The molecule has 2 aromatic carbocycles. The smallest absolute Gasteiger partial charge is 0.224 e. The summed E-state index contributed by atoms with van der Waals surface area (Å²) < 4.78 is 0. The quantitative estimate of drug-likeness (QED) is 0.378. The zero-order valence-corrected chi connectivity index (χ0v) is 17.0. The monoisotopic (exact) mass is 380 g/mol. The number of aryl methyl sites for hydroxylation is 1. The van der Waals surface area contributed by atoms with Crippen LogP contribution in [0.2, 0.25) is 0 Å². The number of benzene rings is 2. The van der Waals surface area contributed by atoms with Crippen molar-refractivity contribution >= 4 is 11.9 Å². The number of hydrogen-bond donors (Lipinski definition) is 2. The minimum Gasteiger partial charge on any atom is -0.357 e. The average Bonchev–Trinajstić information content (AvgIpc) is 2.72. The van der Waals surface area contributed by atoms with Crippen molar-refractivity contribution in [2.45, 2.75) is 32.7 Å². The molecule has 0 radical (unpaired) electrons. The highest BCUT2D eigenvalue weighted by atomic mass is 16.2. The number of rotatable bonds is 10. The summed E-state index contributed by atoms with van der Waals surface area (Å²) in [5.41, 5.74) is 2.47. The Bertz CT molecular complexity index is 716. The Morgan fingerprint density at radius 3 is 2.25 bits per heavy atom. The number of carbonyl (C=O) groups excluding carboxylic acids is 1. The lowest BCUT2D eigenvalue weighted by atomic mass is 10.1. The van der Waals surface area contributed by atoms with E-state index < -0.39 is 0 Å². The van der Waals surface area contributed by atoms with E-state index in [1.165, 1.54) is 5.56 Å². The first kappa shape index (κ1) is 21.5. The number of carbonyl (C=O) groups is 1. The molecule has 0 saturated carbocycles. The first-order valence-electron chi connectivity index (χ1n) is 10.0. The summed E-state index contributed by atoms with van der Waals surface area (Å²) in [5, 5.41) is 6.50. The normalized spacial score (nSPS) is 11.1. The molecule has 0 heterocycles. The van der Waals surface area contributed by atoms with Crippen LogP contribution in [0, 0.1) is 0 Å². The highest BCUT2D eigenvalue weighted by Crippen LogP contribution is 2.04. The molecule has 0 aliphatic heterocycles. The third kappa shape index (κ3) is 8.25. The zero-order chi connectivity index (χ0) is 20.0. The van der Waals surface area contributed by atoms with E-state index in [4.69, 9.17) is 0 Å². The molecule has 5 nitrogen and oxygen atoms in total. The van der Waals surface area contributed by atoms with E-state index in [1.54, 1.807) is 4.90 Å². The predicted octanol–water partition coefficient (Wildman–Crippen LogP) is 3.22. The Morgan fingerprint density at radius 1 is 0.964 bits per heavy atom.